The van der Waals surface area contributed by atoms with Crippen LogP contribution in [0.15, 0.2) is 30.3 Å². The van der Waals surface area contributed by atoms with Gasteiger partial charge in [-0.05, 0) is 44.3 Å². The van der Waals surface area contributed by atoms with E-state index in [1.54, 1.807) is 0 Å². The van der Waals surface area contributed by atoms with Gasteiger partial charge in [-0.25, -0.2) is 0 Å². The molecule has 1 fully saturated rings. The number of aryl methyl sites for hydroxylation is 1. The topological polar surface area (TPSA) is 46.3 Å². The molecule has 0 aromatic heterocycles. The predicted octanol–water partition coefficient (Wildman–Crippen LogP) is 1.82. The van der Waals surface area contributed by atoms with Crippen molar-refractivity contribution in [2.24, 2.45) is 11.7 Å². The summed E-state index contributed by atoms with van der Waals surface area (Å²) in [6.07, 6.45) is 4.32. The van der Waals surface area contributed by atoms with Crippen LogP contribution in [-0.4, -0.2) is 30.4 Å². The number of likely N-dealkylation sites (tertiary alicyclic amines) is 1. The van der Waals surface area contributed by atoms with E-state index in [0.29, 0.717) is 0 Å². The Bertz CT molecular complexity index is 377. The number of primary amides is 1. The van der Waals surface area contributed by atoms with Crippen LogP contribution in [0, 0.1) is 5.92 Å². The molecule has 2 rings (SSSR count). The lowest BCUT2D eigenvalue weighted by molar-refractivity contribution is -0.123. The van der Waals surface area contributed by atoms with Gasteiger partial charge in [-0.3, -0.25) is 4.79 Å². The second-order valence-electron chi connectivity index (χ2n) is 5.13. The molecule has 1 aromatic rings. The quantitative estimate of drug-likeness (QED) is 0.861. The fraction of sp³-hybridized carbons (Fsp3) is 0.533. The minimum absolute atomic E-state index is 0.0653. The summed E-state index contributed by atoms with van der Waals surface area (Å²) in [5.41, 5.74) is 6.77. The molecule has 1 heterocycles. The van der Waals surface area contributed by atoms with Crippen LogP contribution >= 0.6 is 0 Å². The molecule has 0 saturated carbocycles. The SMILES string of the molecule is NC(=O)C1CCCN(CCCc2ccccc2)C1. The van der Waals surface area contributed by atoms with Crippen LogP contribution in [0.25, 0.3) is 0 Å². The van der Waals surface area contributed by atoms with Gasteiger partial charge in [-0.2, -0.15) is 0 Å². The Morgan fingerprint density at radius 1 is 1.33 bits per heavy atom. The van der Waals surface area contributed by atoms with E-state index in [0.717, 1.165) is 45.3 Å². The smallest absolute Gasteiger partial charge is 0.221 e. The van der Waals surface area contributed by atoms with Gasteiger partial charge in [-0.1, -0.05) is 30.3 Å². The molecule has 2 N–H and O–H groups in total. The minimum Gasteiger partial charge on any atom is -0.369 e. The maximum absolute atomic E-state index is 11.2. The van der Waals surface area contributed by atoms with Crippen LogP contribution in [0.4, 0.5) is 0 Å². The molecule has 0 spiro atoms. The highest BCUT2D eigenvalue weighted by Gasteiger charge is 2.23. The van der Waals surface area contributed by atoms with Gasteiger partial charge in [0.25, 0.3) is 0 Å². The number of piperidine rings is 1. The van der Waals surface area contributed by atoms with Crippen LogP contribution in [-0.2, 0) is 11.2 Å². The zero-order chi connectivity index (χ0) is 12.8. The molecule has 3 heteroatoms. The third-order valence-corrected chi connectivity index (χ3v) is 3.69. The largest absolute Gasteiger partial charge is 0.369 e. The lowest BCUT2D eigenvalue weighted by Gasteiger charge is -2.31. The Labute approximate surface area is 109 Å². The van der Waals surface area contributed by atoms with Gasteiger partial charge in [0.1, 0.15) is 0 Å². The van der Waals surface area contributed by atoms with Crippen molar-refractivity contribution in [3.63, 3.8) is 0 Å². The van der Waals surface area contributed by atoms with Crippen molar-refractivity contribution in [2.75, 3.05) is 19.6 Å². The Morgan fingerprint density at radius 3 is 2.83 bits per heavy atom. The van der Waals surface area contributed by atoms with E-state index in [1.807, 2.05) is 6.07 Å². The monoisotopic (exact) mass is 246 g/mol. The van der Waals surface area contributed by atoms with Crippen LogP contribution in [0.1, 0.15) is 24.8 Å². The molecule has 1 amide bonds. The van der Waals surface area contributed by atoms with Gasteiger partial charge in [0.2, 0.25) is 5.91 Å². The van der Waals surface area contributed by atoms with E-state index in [2.05, 4.69) is 29.2 Å². The number of rotatable bonds is 5. The lowest BCUT2D eigenvalue weighted by Crippen LogP contribution is -2.41. The van der Waals surface area contributed by atoms with Crippen molar-refractivity contribution in [3.8, 4) is 0 Å². The molecule has 18 heavy (non-hydrogen) atoms. The van der Waals surface area contributed by atoms with E-state index in [1.165, 1.54) is 5.56 Å². The molecule has 1 aliphatic heterocycles. The van der Waals surface area contributed by atoms with Crippen LogP contribution < -0.4 is 5.73 Å². The molecule has 1 aromatic carbocycles. The number of amides is 1. The number of hydrogen-bond donors (Lipinski definition) is 1. The second-order valence-corrected chi connectivity index (χ2v) is 5.13. The summed E-state index contributed by atoms with van der Waals surface area (Å²) in [5, 5.41) is 0. The summed E-state index contributed by atoms with van der Waals surface area (Å²) in [7, 11) is 0. The predicted molar refractivity (Wildman–Crippen MR) is 73.1 cm³/mol. The third-order valence-electron chi connectivity index (χ3n) is 3.69. The number of nitrogens with zero attached hydrogens (tertiary/aromatic N) is 1. The molecular formula is C15H22N2O. The average Bonchev–Trinajstić information content (AvgIpc) is 2.40. The van der Waals surface area contributed by atoms with Gasteiger partial charge in [0, 0.05) is 6.54 Å². The molecule has 1 unspecified atom stereocenters. The van der Waals surface area contributed by atoms with Gasteiger partial charge < -0.3 is 10.6 Å². The van der Waals surface area contributed by atoms with E-state index in [-0.39, 0.29) is 11.8 Å². The van der Waals surface area contributed by atoms with Gasteiger partial charge >= 0.3 is 0 Å². The van der Waals surface area contributed by atoms with Crippen molar-refractivity contribution in [1.82, 2.24) is 4.90 Å². The highest BCUT2D eigenvalue weighted by Crippen LogP contribution is 2.16. The van der Waals surface area contributed by atoms with E-state index >= 15 is 0 Å². The first-order valence-electron chi connectivity index (χ1n) is 6.81. The summed E-state index contributed by atoms with van der Waals surface area (Å²) in [6.45, 7) is 3.03. The molecule has 1 aliphatic rings. The highest BCUT2D eigenvalue weighted by molar-refractivity contribution is 5.76. The molecule has 1 saturated heterocycles. The molecule has 98 valence electrons. The first-order valence-corrected chi connectivity index (χ1v) is 6.81. The fourth-order valence-electron chi connectivity index (χ4n) is 2.64. The zero-order valence-electron chi connectivity index (χ0n) is 10.8. The maximum atomic E-state index is 11.2. The van der Waals surface area contributed by atoms with Crippen molar-refractivity contribution in [2.45, 2.75) is 25.7 Å². The number of benzene rings is 1. The Kier molecular flexibility index (Phi) is 4.76. The van der Waals surface area contributed by atoms with E-state index in [4.69, 9.17) is 5.73 Å². The summed E-state index contributed by atoms with van der Waals surface area (Å²) in [5.74, 6) is -0.0711. The van der Waals surface area contributed by atoms with E-state index < -0.39 is 0 Å². The number of carbonyl (C=O) groups is 1. The van der Waals surface area contributed by atoms with Gasteiger partial charge in [0.15, 0.2) is 0 Å². The lowest BCUT2D eigenvalue weighted by atomic mass is 9.97. The number of nitrogens with two attached hydrogens (primary N) is 1. The van der Waals surface area contributed by atoms with Crippen molar-refractivity contribution >= 4 is 5.91 Å². The molecule has 3 nitrogen and oxygen atoms in total. The first kappa shape index (κ1) is 13.1. The van der Waals surface area contributed by atoms with Crippen molar-refractivity contribution in [1.29, 1.82) is 0 Å². The summed E-state index contributed by atoms with van der Waals surface area (Å²) in [6, 6.07) is 10.6. The maximum Gasteiger partial charge on any atom is 0.221 e. The molecular weight excluding hydrogens is 224 g/mol. The fourth-order valence-corrected chi connectivity index (χ4v) is 2.64. The Morgan fingerprint density at radius 2 is 2.11 bits per heavy atom. The zero-order valence-corrected chi connectivity index (χ0v) is 10.8. The molecule has 0 aliphatic carbocycles. The van der Waals surface area contributed by atoms with Gasteiger partial charge in [-0.15, -0.1) is 0 Å². The van der Waals surface area contributed by atoms with Gasteiger partial charge in [0.05, 0.1) is 5.92 Å². The molecule has 1 atom stereocenters. The Balaban J connectivity index is 1.72. The summed E-state index contributed by atoms with van der Waals surface area (Å²) in [4.78, 5) is 13.6. The van der Waals surface area contributed by atoms with Crippen LogP contribution in [0.2, 0.25) is 0 Å². The van der Waals surface area contributed by atoms with Crippen molar-refractivity contribution in [3.05, 3.63) is 35.9 Å². The van der Waals surface area contributed by atoms with Crippen molar-refractivity contribution < 1.29 is 4.79 Å². The number of carbonyl (C=O) groups excluding carboxylic acids is 1. The first-order chi connectivity index (χ1) is 8.75. The average molecular weight is 246 g/mol. The summed E-state index contributed by atoms with van der Waals surface area (Å²) >= 11 is 0. The third kappa shape index (κ3) is 3.84. The minimum atomic E-state index is -0.136. The Hall–Kier alpha value is -1.35. The van der Waals surface area contributed by atoms with E-state index in [9.17, 15) is 4.79 Å². The standard InChI is InChI=1S/C15H22N2O/c16-15(18)14-9-5-11-17(12-14)10-4-8-13-6-2-1-3-7-13/h1-3,6-7,14H,4-5,8-12H2,(H2,16,18). The molecule has 0 radical (unpaired) electrons. The molecule has 0 bridgehead atoms. The second kappa shape index (κ2) is 6.55. The summed E-state index contributed by atoms with van der Waals surface area (Å²) < 4.78 is 0. The number of hydrogen-bond acceptors (Lipinski definition) is 2. The van der Waals surface area contributed by atoms with Crippen LogP contribution in [0.3, 0.4) is 0 Å². The normalized spacial score (nSPS) is 20.8. The van der Waals surface area contributed by atoms with Crippen LogP contribution in [0.5, 0.6) is 0 Å². The highest BCUT2D eigenvalue weighted by atomic mass is 16.1.